The van der Waals surface area contributed by atoms with E-state index in [9.17, 15) is 13.2 Å². The molecule has 1 N–H and O–H groups in total. The Balaban J connectivity index is 1.56. The Bertz CT molecular complexity index is 974. The van der Waals surface area contributed by atoms with Crippen molar-refractivity contribution < 1.29 is 13.2 Å². The molecule has 9 heteroatoms. The molecule has 2 aromatic carbocycles. The first-order valence-corrected chi connectivity index (χ1v) is 11.1. The summed E-state index contributed by atoms with van der Waals surface area (Å²) in [5.74, 6) is -0.642. The molecule has 1 aromatic heterocycles. The maximum Gasteiger partial charge on any atom is 0.241 e. The lowest BCUT2D eigenvalue weighted by atomic mass is 10.4. The van der Waals surface area contributed by atoms with Crippen LogP contribution in [0, 0.1) is 0 Å². The van der Waals surface area contributed by atoms with E-state index in [-0.39, 0.29) is 4.90 Å². The van der Waals surface area contributed by atoms with Gasteiger partial charge in [-0.25, -0.2) is 8.42 Å². The monoisotopic (exact) mass is 405 g/mol. The van der Waals surface area contributed by atoms with Crippen LogP contribution < -0.4 is 5.32 Å². The smallest absolute Gasteiger partial charge is 0.241 e. The van der Waals surface area contributed by atoms with Crippen LogP contribution in [0.5, 0.6) is 0 Å². The van der Waals surface area contributed by atoms with Crippen LogP contribution in [0.4, 0.5) is 5.13 Å². The molecule has 0 spiro atoms. The van der Waals surface area contributed by atoms with Crippen molar-refractivity contribution in [3.05, 3.63) is 65.7 Å². The number of nitrogens with one attached hydrogen (secondary N) is 1. The van der Waals surface area contributed by atoms with E-state index >= 15 is 0 Å². The molecule has 26 heavy (non-hydrogen) atoms. The molecule has 0 aliphatic heterocycles. The Morgan fingerprint density at radius 3 is 2.35 bits per heavy atom. The van der Waals surface area contributed by atoms with Gasteiger partial charge in [-0.15, -0.1) is 22.0 Å². The van der Waals surface area contributed by atoms with Gasteiger partial charge >= 0.3 is 0 Å². The van der Waals surface area contributed by atoms with Crippen LogP contribution in [0.1, 0.15) is 5.01 Å². The predicted octanol–water partition coefficient (Wildman–Crippen LogP) is 3.24. The van der Waals surface area contributed by atoms with Crippen molar-refractivity contribution in [2.45, 2.75) is 15.5 Å². The van der Waals surface area contributed by atoms with E-state index in [1.807, 2.05) is 30.3 Å². The summed E-state index contributed by atoms with van der Waals surface area (Å²) in [6.07, 6.45) is 0. The summed E-state index contributed by atoms with van der Waals surface area (Å²) in [5, 5.41) is 11.5. The second-order valence-electron chi connectivity index (χ2n) is 5.22. The number of thioether (sulfide) groups is 1. The standard InChI is InChI=1S/C17H15N3O3S3/c21-15(12-26(22,23)14-9-5-2-6-10-14)18-17-20-19-16(25-17)11-24-13-7-3-1-4-8-13/h1-10H,11-12H2,(H,18,20,21). The fourth-order valence-electron chi connectivity index (χ4n) is 2.06. The summed E-state index contributed by atoms with van der Waals surface area (Å²) < 4.78 is 24.4. The first-order chi connectivity index (χ1) is 12.5. The van der Waals surface area contributed by atoms with E-state index in [0.717, 1.165) is 9.90 Å². The average molecular weight is 406 g/mol. The number of carbonyl (C=O) groups excluding carboxylic acids is 1. The van der Waals surface area contributed by atoms with Crippen molar-refractivity contribution in [3.8, 4) is 0 Å². The zero-order valence-corrected chi connectivity index (χ0v) is 16.0. The third-order valence-corrected chi connectivity index (χ3v) is 6.92. The molecule has 0 fully saturated rings. The van der Waals surface area contributed by atoms with Crippen molar-refractivity contribution in [1.29, 1.82) is 0 Å². The van der Waals surface area contributed by atoms with Crippen molar-refractivity contribution >= 4 is 44.0 Å². The number of benzene rings is 2. The lowest BCUT2D eigenvalue weighted by molar-refractivity contribution is -0.113. The van der Waals surface area contributed by atoms with E-state index in [1.165, 1.54) is 23.5 Å². The molecule has 3 aromatic rings. The second-order valence-corrected chi connectivity index (χ2v) is 9.32. The van der Waals surface area contributed by atoms with Gasteiger partial charge in [0.1, 0.15) is 10.8 Å². The molecule has 3 rings (SSSR count). The number of hydrogen-bond donors (Lipinski definition) is 1. The number of nitrogens with zero attached hydrogens (tertiary/aromatic N) is 2. The van der Waals surface area contributed by atoms with Crippen LogP contribution in [0.25, 0.3) is 0 Å². The molecule has 0 radical (unpaired) electrons. The minimum Gasteiger partial charge on any atom is -0.300 e. The summed E-state index contributed by atoms with van der Waals surface area (Å²) in [5.41, 5.74) is 0. The molecule has 0 atom stereocenters. The normalized spacial score (nSPS) is 11.2. The Labute approximate surface area is 159 Å². The van der Waals surface area contributed by atoms with E-state index in [2.05, 4.69) is 15.5 Å². The van der Waals surface area contributed by atoms with E-state index in [1.54, 1.807) is 30.0 Å². The Morgan fingerprint density at radius 2 is 1.65 bits per heavy atom. The molecule has 0 saturated heterocycles. The highest BCUT2D eigenvalue weighted by molar-refractivity contribution is 7.98. The largest absolute Gasteiger partial charge is 0.300 e. The number of amides is 1. The molecule has 6 nitrogen and oxygen atoms in total. The minimum atomic E-state index is -3.68. The summed E-state index contributed by atoms with van der Waals surface area (Å²) in [6.45, 7) is 0. The van der Waals surface area contributed by atoms with E-state index in [4.69, 9.17) is 0 Å². The molecule has 1 heterocycles. The van der Waals surface area contributed by atoms with Gasteiger partial charge in [0, 0.05) is 4.90 Å². The van der Waals surface area contributed by atoms with Crippen LogP contribution in [0.15, 0.2) is 70.5 Å². The lowest BCUT2D eigenvalue weighted by Gasteiger charge is -2.03. The number of rotatable bonds is 7. The second kappa shape index (κ2) is 8.43. The number of anilines is 1. The van der Waals surface area contributed by atoms with Crippen molar-refractivity contribution in [3.63, 3.8) is 0 Å². The summed E-state index contributed by atoms with van der Waals surface area (Å²) >= 11 is 2.84. The van der Waals surface area contributed by atoms with Crippen LogP contribution >= 0.6 is 23.1 Å². The average Bonchev–Trinajstić information content (AvgIpc) is 3.08. The summed E-state index contributed by atoms with van der Waals surface area (Å²) in [7, 11) is -3.68. The number of hydrogen-bond acceptors (Lipinski definition) is 7. The van der Waals surface area contributed by atoms with Gasteiger partial charge in [0.25, 0.3) is 0 Å². The van der Waals surface area contributed by atoms with Crippen molar-refractivity contribution in [2.24, 2.45) is 0 Å². The molecule has 0 unspecified atom stereocenters. The SMILES string of the molecule is O=C(CS(=O)(=O)c1ccccc1)Nc1nnc(CSc2ccccc2)s1. The minimum absolute atomic E-state index is 0.118. The molecular formula is C17H15N3O3S3. The van der Waals surface area contributed by atoms with Gasteiger partial charge in [-0.05, 0) is 24.3 Å². The third kappa shape index (κ3) is 5.13. The van der Waals surface area contributed by atoms with Gasteiger partial charge in [0.15, 0.2) is 9.84 Å². The molecule has 0 aliphatic rings. The van der Waals surface area contributed by atoms with Gasteiger partial charge < -0.3 is 0 Å². The predicted molar refractivity (Wildman–Crippen MR) is 103 cm³/mol. The highest BCUT2D eigenvalue weighted by atomic mass is 32.2. The van der Waals surface area contributed by atoms with Crippen LogP contribution in [-0.4, -0.2) is 30.3 Å². The van der Waals surface area contributed by atoms with Gasteiger partial charge in [0.05, 0.1) is 10.6 Å². The number of carbonyl (C=O) groups is 1. The Kier molecular flexibility index (Phi) is 6.02. The van der Waals surface area contributed by atoms with Crippen molar-refractivity contribution in [2.75, 3.05) is 11.1 Å². The first-order valence-electron chi connectivity index (χ1n) is 7.61. The zero-order chi connectivity index (χ0) is 18.4. The fraction of sp³-hybridized carbons (Fsp3) is 0.118. The van der Waals surface area contributed by atoms with Gasteiger partial charge in [0.2, 0.25) is 11.0 Å². The maximum atomic E-state index is 12.2. The summed E-state index contributed by atoms with van der Waals surface area (Å²) in [6, 6.07) is 17.8. The lowest BCUT2D eigenvalue weighted by Crippen LogP contribution is -2.22. The van der Waals surface area contributed by atoms with E-state index in [0.29, 0.717) is 10.9 Å². The van der Waals surface area contributed by atoms with Crippen LogP contribution in [0.2, 0.25) is 0 Å². The number of sulfone groups is 1. The van der Waals surface area contributed by atoms with E-state index < -0.39 is 21.5 Å². The highest BCUT2D eigenvalue weighted by Gasteiger charge is 2.20. The quantitative estimate of drug-likeness (QED) is 0.607. The van der Waals surface area contributed by atoms with Gasteiger partial charge in [-0.1, -0.05) is 47.7 Å². The van der Waals surface area contributed by atoms with Crippen LogP contribution in [0.3, 0.4) is 0 Å². The van der Waals surface area contributed by atoms with Gasteiger partial charge in [-0.2, -0.15) is 0 Å². The van der Waals surface area contributed by atoms with Gasteiger partial charge in [-0.3, -0.25) is 10.1 Å². The third-order valence-electron chi connectivity index (χ3n) is 3.24. The fourth-order valence-corrected chi connectivity index (χ4v) is 4.88. The molecule has 1 amide bonds. The zero-order valence-electron chi connectivity index (χ0n) is 13.5. The Hall–Kier alpha value is -2.23. The van der Waals surface area contributed by atoms with Crippen molar-refractivity contribution in [1.82, 2.24) is 10.2 Å². The molecule has 0 saturated carbocycles. The molecule has 134 valence electrons. The highest BCUT2D eigenvalue weighted by Crippen LogP contribution is 2.25. The maximum absolute atomic E-state index is 12.2. The molecule has 0 aliphatic carbocycles. The number of aromatic nitrogens is 2. The Morgan fingerprint density at radius 1 is 1.00 bits per heavy atom. The summed E-state index contributed by atoms with van der Waals surface area (Å²) in [4.78, 5) is 13.3. The molecule has 0 bridgehead atoms. The first kappa shape index (κ1) is 18.6. The topological polar surface area (TPSA) is 89.0 Å². The molecular weight excluding hydrogens is 390 g/mol. The van der Waals surface area contributed by atoms with Crippen LogP contribution in [-0.2, 0) is 20.4 Å².